The Bertz CT molecular complexity index is 962. The third-order valence-corrected chi connectivity index (χ3v) is 5.69. The van der Waals surface area contributed by atoms with E-state index in [0.29, 0.717) is 17.5 Å². The van der Waals surface area contributed by atoms with E-state index in [9.17, 15) is 23.2 Å². The second-order valence-electron chi connectivity index (χ2n) is 6.42. The standard InChI is InChI=1S/C20H23F2N3O4S/c1-4-12(11-5-6-13(21)14(22)9-11)17(26)25-19-15(20(28)29-3)10(2)16(30-19)18(27)24-8-7-23/h5-6,9,12H,4,7-8,23H2,1-3H3,(H,24,27)(H,25,26). The van der Waals surface area contributed by atoms with E-state index in [1.54, 1.807) is 13.8 Å². The number of benzene rings is 1. The number of methoxy groups -OCH3 is 1. The van der Waals surface area contributed by atoms with Crippen molar-refractivity contribution in [1.82, 2.24) is 5.32 Å². The van der Waals surface area contributed by atoms with E-state index in [4.69, 9.17) is 10.5 Å². The zero-order valence-electron chi connectivity index (χ0n) is 16.8. The highest BCUT2D eigenvalue weighted by Crippen LogP contribution is 2.35. The minimum absolute atomic E-state index is 0.0638. The van der Waals surface area contributed by atoms with Crippen LogP contribution in [0.25, 0.3) is 0 Å². The first-order chi connectivity index (χ1) is 14.2. The second-order valence-corrected chi connectivity index (χ2v) is 7.44. The maximum Gasteiger partial charge on any atom is 0.341 e. The Morgan fingerprint density at radius 2 is 1.93 bits per heavy atom. The van der Waals surface area contributed by atoms with E-state index in [-0.39, 0.29) is 28.5 Å². The Hall–Kier alpha value is -2.85. The van der Waals surface area contributed by atoms with Crippen molar-refractivity contribution in [3.8, 4) is 0 Å². The molecule has 0 radical (unpaired) electrons. The maximum atomic E-state index is 13.6. The molecule has 1 aromatic heterocycles. The number of nitrogens with one attached hydrogen (secondary N) is 2. The van der Waals surface area contributed by atoms with Crippen LogP contribution in [0.15, 0.2) is 18.2 Å². The Kier molecular flexibility index (Phi) is 8.01. The lowest BCUT2D eigenvalue weighted by Gasteiger charge is -2.15. The van der Waals surface area contributed by atoms with Crippen LogP contribution in [0.5, 0.6) is 0 Å². The average Bonchev–Trinajstić information content (AvgIpc) is 3.04. The lowest BCUT2D eigenvalue weighted by molar-refractivity contribution is -0.117. The zero-order chi connectivity index (χ0) is 22.4. The van der Waals surface area contributed by atoms with Crippen molar-refractivity contribution in [3.05, 3.63) is 51.4 Å². The molecule has 2 amide bonds. The van der Waals surface area contributed by atoms with Crippen molar-refractivity contribution >= 4 is 34.1 Å². The third kappa shape index (κ3) is 5.00. The summed E-state index contributed by atoms with van der Waals surface area (Å²) in [5.41, 5.74) is 6.11. The number of anilines is 1. The summed E-state index contributed by atoms with van der Waals surface area (Å²) in [6.45, 7) is 3.79. The van der Waals surface area contributed by atoms with Gasteiger partial charge >= 0.3 is 5.97 Å². The molecular formula is C20H23F2N3O4S. The summed E-state index contributed by atoms with van der Waals surface area (Å²) in [7, 11) is 1.19. The van der Waals surface area contributed by atoms with Gasteiger partial charge in [0.05, 0.1) is 23.5 Å². The molecule has 0 aliphatic carbocycles. The number of hydrogen-bond donors (Lipinski definition) is 3. The summed E-state index contributed by atoms with van der Waals surface area (Å²) < 4.78 is 31.6. The van der Waals surface area contributed by atoms with Gasteiger partial charge in [-0.25, -0.2) is 13.6 Å². The fourth-order valence-electron chi connectivity index (χ4n) is 2.93. The van der Waals surface area contributed by atoms with Gasteiger partial charge in [-0.3, -0.25) is 9.59 Å². The molecule has 0 fully saturated rings. The number of carbonyl (C=O) groups excluding carboxylic acids is 3. The molecule has 0 aliphatic heterocycles. The normalized spacial score (nSPS) is 11.7. The van der Waals surface area contributed by atoms with Gasteiger partial charge in [0, 0.05) is 13.1 Å². The van der Waals surface area contributed by atoms with Gasteiger partial charge in [0.1, 0.15) is 5.00 Å². The van der Waals surface area contributed by atoms with Gasteiger partial charge in [-0.1, -0.05) is 13.0 Å². The molecule has 30 heavy (non-hydrogen) atoms. The molecule has 0 aliphatic rings. The van der Waals surface area contributed by atoms with E-state index in [1.807, 2.05) is 0 Å². The highest BCUT2D eigenvalue weighted by atomic mass is 32.1. The van der Waals surface area contributed by atoms with Gasteiger partial charge in [0.2, 0.25) is 5.91 Å². The molecule has 0 saturated heterocycles. The SMILES string of the molecule is CCC(C(=O)Nc1sc(C(=O)NCCN)c(C)c1C(=O)OC)c1ccc(F)c(F)c1. The van der Waals surface area contributed by atoms with Crippen molar-refractivity contribution in [3.63, 3.8) is 0 Å². The Balaban J connectivity index is 2.39. The Labute approximate surface area is 176 Å². The van der Waals surface area contributed by atoms with Crippen LogP contribution in [0, 0.1) is 18.6 Å². The summed E-state index contributed by atoms with van der Waals surface area (Å²) in [5, 5.41) is 5.40. The van der Waals surface area contributed by atoms with Gasteiger partial charge in [-0.15, -0.1) is 11.3 Å². The number of ether oxygens (including phenoxy) is 1. The van der Waals surface area contributed by atoms with Crippen molar-refractivity contribution in [2.24, 2.45) is 5.73 Å². The average molecular weight is 439 g/mol. The quantitative estimate of drug-likeness (QED) is 0.548. The van der Waals surface area contributed by atoms with Crippen LogP contribution < -0.4 is 16.4 Å². The highest BCUT2D eigenvalue weighted by molar-refractivity contribution is 7.18. The molecule has 2 aromatic rings. The molecule has 0 bridgehead atoms. The van der Waals surface area contributed by atoms with Gasteiger partial charge in [0.15, 0.2) is 11.6 Å². The fraction of sp³-hybridized carbons (Fsp3) is 0.350. The van der Waals surface area contributed by atoms with Crippen LogP contribution in [0.2, 0.25) is 0 Å². The number of hydrogen-bond acceptors (Lipinski definition) is 6. The monoisotopic (exact) mass is 439 g/mol. The summed E-state index contributed by atoms with van der Waals surface area (Å²) in [6, 6.07) is 3.25. The van der Waals surface area contributed by atoms with Crippen molar-refractivity contribution in [2.75, 3.05) is 25.5 Å². The first-order valence-electron chi connectivity index (χ1n) is 9.20. The summed E-state index contributed by atoms with van der Waals surface area (Å²) >= 11 is 0.926. The molecule has 2 rings (SSSR count). The zero-order valence-corrected chi connectivity index (χ0v) is 17.6. The minimum atomic E-state index is -1.06. The minimum Gasteiger partial charge on any atom is -0.465 e. The summed E-state index contributed by atoms with van der Waals surface area (Å²) in [4.78, 5) is 37.7. The maximum absolute atomic E-state index is 13.6. The third-order valence-electron chi connectivity index (χ3n) is 4.48. The molecule has 4 N–H and O–H groups in total. The Morgan fingerprint density at radius 3 is 2.50 bits per heavy atom. The van der Waals surface area contributed by atoms with Crippen molar-refractivity contribution < 1.29 is 27.9 Å². The molecule has 0 saturated carbocycles. The second kappa shape index (κ2) is 10.3. The Morgan fingerprint density at radius 1 is 1.23 bits per heavy atom. The number of carbonyl (C=O) groups is 3. The van der Waals surface area contributed by atoms with Crippen LogP contribution >= 0.6 is 11.3 Å². The highest BCUT2D eigenvalue weighted by Gasteiger charge is 2.28. The van der Waals surface area contributed by atoms with Gasteiger partial charge in [-0.2, -0.15) is 0 Å². The number of nitrogens with two attached hydrogens (primary N) is 1. The molecule has 162 valence electrons. The molecule has 1 atom stereocenters. The van der Waals surface area contributed by atoms with E-state index in [0.717, 1.165) is 23.5 Å². The molecule has 10 heteroatoms. The molecule has 1 heterocycles. The van der Waals surface area contributed by atoms with Gasteiger partial charge in [-0.05, 0) is 36.6 Å². The predicted molar refractivity (Wildman–Crippen MR) is 110 cm³/mol. The smallest absolute Gasteiger partial charge is 0.341 e. The number of amides is 2. The number of esters is 1. The molecule has 0 spiro atoms. The van der Waals surface area contributed by atoms with E-state index in [2.05, 4.69) is 10.6 Å². The predicted octanol–water partition coefficient (Wildman–Crippen LogP) is 2.94. The molecule has 1 unspecified atom stereocenters. The van der Waals surface area contributed by atoms with Crippen LogP contribution in [-0.2, 0) is 9.53 Å². The molecule has 1 aromatic carbocycles. The topological polar surface area (TPSA) is 111 Å². The van der Waals surface area contributed by atoms with Gasteiger partial charge < -0.3 is 21.1 Å². The number of rotatable bonds is 8. The lowest BCUT2D eigenvalue weighted by atomic mass is 9.95. The van der Waals surface area contributed by atoms with Crippen LogP contribution in [0.3, 0.4) is 0 Å². The van der Waals surface area contributed by atoms with Crippen LogP contribution in [0.4, 0.5) is 13.8 Å². The van der Waals surface area contributed by atoms with Gasteiger partial charge in [0.25, 0.3) is 5.91 Å². The fourth-order valence-corrected chi connectivity index (χ4v) is 4.05. The van der Waals surface area contributed by atoms with E-state index >= 15 is 0 Å². The summed E-state index contributed by atoms with van der Waals surface area (Å²) in [6.07, 6.45) is 0.304. The first-order valence-corrected chi connectivity index (χ1v) is 10.0. The molecule has 7 nitrogen and oxygen atoms in total. The van der Waals surface area contributed by atoms with Crippen LogP contribution in [-0.4, -0.2) is 38.0 Å². The first kappa shape index (κ1) is 23.4. The largest absolute Gasteiger partial charge is 0.465 e. The van der Waals surface area contributed by atoms with Crippen molar-refractivity contribution in [2.45, 2.75) is 26.2 Å². The van der Waals surface area contributed by atoms with E-state index in [1.165, 1.54) is 13.2 Å². The summed E-state index contributed by atoms with van der Waals surface area (Å²) in [5.74, 6) is -4.52. The lowest BCUT2D eigenvalue weighted by Crippen LogP contribution is -2.28. The number of thiophene rings is 1. The number of halogens is 2. The van der Waals surface area contributed by atoms with Crippen molar-refractivity contribution in [1.29, 1.82) is 0 Å². The van der Waals surface area contributed by atoms with E-state index < -0.39 is 35.3 Å². The molecular weight excluding hydrogens is 416 g/mol. The van der Waals surface area contributed by atoms with Crippen LogP contribution in [0.1, 0.15) is 50.4 Å².